The van der Waals surface area contributed by atoms with Crippen LogP contribution in [-0.4, -0.2) is 56.7 Å². The number of carbonyl (C=O) groups is 1. The van der Waals surface area contributed by atoms with Gasteiger partial charge in [-0.3, -0.25) is 4.79 Å². The molecule has 0 aliphatic carbocycles. The number of hydrogen-bond acceptors (Lipinski definition) is 3. The number of nitrogens with one attached hydrogen (secondary N) is 1. The molecule has 2 rings (SSSR count). The number of quaternary nitrogens is 1. The van der Waals surface area contributed by atoms with Crippen molar-refractivity contribution in [3.8, 4) is 11.5 Å². The topological polar surface area (TPSA) is 43.2 Å². The number of benzene rings is 1. The van der Waals surface area contributed by atoms with Gasteiger partial charge in [0.2, 0.25) is 0 Å². The van der Waals surface area contributed by atoms with E-state index in [0.29, 0.717) is 30.3 Å². The maximum absolute atomic E-state index is 12.7. The van der Waals surface area contributed by atoms with Crippen LogP contribution in [0.3, 0.4) is 0 Å². The van der Waals surface area contributed by atoms with Gasteiger partial charge in [-0.25, -0.2) is 0 Å². The van der Waals surface area contributed by atoms with Crippen molar-refractivity contribution in [2.75, 3.05) is 45.9 Å². The summed E-state index contributed by atoms with van der Waals surface area (Å²) in [5.41, 5.74) is 0.657. The lowest BCUT2D eigenvalue weighted by Gasteiger charge is -2.31. The third kappa shape index (κ3) is 4.48. The predicted octanol–water partition coefficient (Wildman–Crippen LogP) is 1.01. The van der Waals surface area contributed by atoms with Crippen molar-refractivity contribution in [2.45, 2.75) is 13.8 Å². The van der Waals surface area contributed by atoms with E-state index >= 15 is 0 Å². The van der Waals surface area contributed by atoms with Crippen molar-refractivity contribution in [1.29, 1.82) is 0 Å². The fourth-order valence-electron chi connectivity index (χ4n) is 2.80. The molecule has 1 heterocycles. The number of ether oxygens (including phenoxy) is 2. The van der Waals surface area contributed by atoms with Gasteiger partial charge in [0, 0.05) is 5.56 Å². The lowest BCUT2D eigenvalue weighted by Crippen LogP contribution is -3.14. The smallest absolute Gasteiger partial charge is 0.254 e. The molecule has 0 bridgehead atoms. The van der Waals surface area contributed by atoms with Gasteiger partial charge in [0.15, 0.2) is 11.5 Å². The summed E-state index contributed by atoms with van der Waals surface area (Å²) in [5.74, 6) is 1.38. The second-order valence-corrected chi connectivity index (χ2v) is 5.56. The van der Waals surface area contributed by atoms with Gasteiger partial charge in [0.05, 0.1) is 45.9 Å². The number of carbonyl (C=O) groups excluding carboxylic acids is 1. The molecule has 0 radical (unpaired) electrons. The zero-order valence-electron chi connectivity index (χ0n) is 14.1. The number of rotatable bonds is 7. The Morgan fingerprint density at radius 1 is 1.22 bits per heavy atom. The molecule has 0 atom stereocenters. The number of hydrogen-bond donors (Lipinski definition) is 1. The summed E-state index contributed by atoms with van der Waals surface area (Å²) in [7, 11) is 0. The standard InChI is InChI=1S/C18H26N2O3/c1-4-9-19-10-12-20(13-11-19)18(21)15-7-8-16(22-5-2)17(14-15)23-6-3/h4,7-8,14H,1,5-6,9-13H2,2-3H3/p+1. The molecule has 5 heteroatoms. The van der Waals surface area contributed by atoms with Crippen LogP contribution >= 0.6 is 0 Å². The molecule has 1 aromatic carbocycles. The van der Waals surface area contributed by atoms with Crippen LogP contribution in [0.2, 0.25) is 0 Å². The van der Waals surface area contributed by atoms with Crippen molar-refractivity contribution in [3.63, 3.8) is 0 Å². The van der Waals surface area contributed by atoms with Crippen molar-refractivity contribution in [2.24, 2.45) is 0 Å². The van der Waals surface area contributed by atoms with Crippen LogP contribution in [0.15, 0.2) is 30.9 Å². The molecule has 0 aromatic heterocycles. The predicted molar refractivity (Wildman–Crippen MR) is 90.4 cm³/mol. The third-order valence-corrected chi connectivity index (χ3v) is 3.98. The molecule has 0 saturated carbocycles. The molecule has 1 aliphatic heterocycles. The highest BCUT2D eigenvalue weighted by molar-refractivity contribution is 5.95. The summed E-state index contributed by atoms with van der Waals surface area (Å²) in [6.07, 6.45) is 1.94. The van der Waals surface area contributed by atoms with E-state index < -0.39 is 0 Å². The van der Waals surface area contributed by atoms with E-state index in [-0.39, 0.29) is 5.91 Å². The minimum Gasteiger partial charge on any atom is -0.490 e. The average Bonchev–Trinajstić information content (AvgIpc) is 2.57. The van der Waals surface area contributed by atoms with Crippen LogP contribution in [0, 0.1) is 0 Å². The molecule has 1 saturated heterocycles. The maximum atomic E-state index is 12.7. The van der Waals surface area contributed by atoms with Gasteiger partial charge in [-0.1, -0.05) is 6.58 Å². The van der Waals surface area contributed by atoms with Gasteiger partial charge < -0.3 is 19.3 Å². The Morgan fingerprint density at radius 2 is 1.87 bits per heavy atom. The molecule has 1 amide bonds. The molecule has 1 fully saturated rings. The molecule has 1 N–H and O–H groups in total. The molecular formula is C18H27N2O3+. The first-order valence-electron chi connectivity index (χ1n) is 8.33. The normalized spacial score (nSPS) is 15.3. The van der Waals surface area contributed by atoms with Gasteiger partial charge in [0.1, 0.15) is 0 Å². The zero-order chi connectivity index (χ0) is 16.7. The number of piperazine rings is 1. The highest BCUT2D eigenvalue weighted by atomic mass is 16.5. The van der Waals surface area contributed by atoms with Crippen molar-refractivity contribution in [1.82, 2.24) is 4.90 Å². The Balaban J connectivity index is 2.07. The molecule has 126 valence electrons. The van der Waals surface area contributed by atoms with Crippen LogP contribution in [0.4, 0.5) is 0 Å². The van der Waals surface area contributed by atoms with Gasteiger partial charge in [0.25, 0.3) is 5.91 Å². The minimum absolute atomic E-state index is 0.0617. The number of nitrogens with zero attached hydrogens (tertiary/aromatic N) is 1. The fraction of sp³-hybridized carbons (Fsp3) is 0.500. The molecule has 23 heavy (non-hydrogen) atoms. The van der Waals surface area contributed by atoms with E-state index in [0.717, 1.165) is 32.7 Å². The first-order chi connectivity index (χ1) is 11.2. The second kappa shape index (κ2) is 8.58. The fourth-order valence-corrected chi connectivity index (χ4v) is 2.80. The van der Waals surface area contributed by atoms with Crippen LogP contribution in [0.5, 0.6) is 11.5 Å². The average molecular weight is 319 g/mol. The lowest BCUT2D eigenvalue weighted by molar-refractivity contribution is -0.898. The van der Waals surface area contributed by atoms with E-state index in [4.69, 9.17) is 9.47 Å². The van der Waals surface area contributed by atoms with Gasteiger partial charge in [-0.15, -0.1) is 0 Å². The van der Waals surface area contributed by atoms with Gasteiger partial charge in [-0.2, -0.15) is 0 Å². The Kier molecular flexibility index (Phi) is 6.47. The third-order valence-electron chi connectivity index (χ3n) is 3.98. The molecule has 1 aromatic rings. The van der Waals surface area contributed by atoms with Crippen molar-refractivity contribution in [3.05, 3.63) is 36.4 Å². The van der Waals surface area contributed by atoms with Crippen LogP contribution in [-0.2, 0) is 0 Å². The highest BCUT2D eigenvalue weighted by Gasteiger charge is 2.24. The van der Waals surface area contributed by atoms with Crippen LogP contribution in [0.25, 0.3) is 0 Å². The molecule has 0 unspecified atom stereocenters. The first kappa shape index (κ1) is 17.3. The Morgan fingerprint density at radius 3 is 2.48 bits per heavy atom. The monoisotopic (exact) mass is 319 g/mol. The van der Waals surface area contributed by atoms with Crippen molar-refractivity contribution >= 4 is 5.91 Å². The minimum atomic E-state index is 0.0617. The molecule has 0 spiro atoms. The first-order valence-corrected chi connectivity index (χ1v) is 8.33. The molecule has 5 nitrogen and oxygen atoms in total. The lowest BCUT2D eigenvalue weighted by atomic mass is 10.1. The molecular weight excluding hydrogens is 292 g/mol. The summed E-state index contributed by atoms with van der Waals surface area (Å²) < 4.78 is 11.2. The van der Waals surface area contributed by atoms with Gasteiger partial charge in [-0.05, 0) is 38.1 Å². The second-order valence-electron chi connectivity index (χ2n) is 5.56. The number of amides is 1. The maximum Gasteiger partial charge on any atom is 0.254 e. The Labute approximate surface area is 138 Å². The van der Waals surface area contributed by atoms with E-state index in [1.54, 1.807) is 6.07 Å². The Bertz CT molecular complexity index is 537. The van der Waals surface area contributed by atoms with Crippen LogP contribution < -0.4 is 14.4 Å². The Hall–Kier alpha value is -2.01. The quantitative estimate of drug-likeness (QED) is 0.763. The zero-order valence-corrected chi connectivity index (χ0v) is 14.1. The highest BCUT2D eigenvalue weighted by Crippen LogP contribution is 2.29. The molecule has 1 aliphatic rings. The van der Waals surface area contributed by atoms with Crippen LogP contribution in [0.1, 0.15) is 24.2 Å². The van der Waals surface area contributed by atoms with Crippen molar-refractivity contribution < 1.29 is 19.2 Å². The van der Waals surface area contributed by atoms with Gasteiger partial charge >= 0.3 is 0 Å². The van der Waals surface area contributed by atoms with E-state index in [1.165, 1.54) is 4.90 Å². The SMILES string of the molecule is C=CC[NH+]1CCN(C(=O)c2ccc(OCC)c(OCC)c2)CC1. The summed E-state index contributed by atoms with van der Waals surface area (Å²) in [6, 6.07) is 5.43. The van der Waals surface area contributed by atoms with E-state index in [2.05, 4.69) is 6.58 Å². The van der Waals surface area contributed by atoms with E-state index in [9.17, 15) is 4.79 Å². The summed E-state index contributed by atoms with van der Waals surface area (Å²) >= 11 is 0. The summed E-state index contributed by atoms with van der Waals surface area (Å²) in [5, 5.41) is 0. The summed E-state index contributed by atoms with van der Waals surface area (Å²) in [4.78, 5) is 16.1. The summed E-state index contributed by atoms with van der Waals surface area (Å²) in [6.45, 7) is 13.2. The van der Waals surface area contributed by atoms with E-state index in [1.807, 2.05) is 37.0 Å². The largest absolute Gasteiger partial charge is 0.490 e.